The van der Waals surface area contributed by atoms with Gasteiger partial charge in [0.2, 0.25) is 5.89 Å². The number of hydrogen-bond acceptors (Lipinski definition) is 4. The summed E-state index contributed by atoms with van der Waals surface area (Å²) in [5.41, 5.74) is 4.58. The summed E-state index contributed by atoms with van der Waals surface area (Å²) in [5, 5.41) is 5.49. The zero-order chi connectivity index (χ0) is 15.5. The van der Waals surface area contributed by atoms with Crippen molar-refractivity contribution in [3.63, 3.8) is 0 Å². The molecule has 0 saturated heterocycles. The van der Waals surface area contributed by atoms with Crippen molar-refractivity contribution in [1.29, 1.82) is 0 Å². The molecule has 0 atom stereocenters. The standard InChI is InChI=1S/C18H18N2OS/c1-4-15(12(2)3)18-20-16-10-13(7-8-17(16)21-18)19-11-14-6-5-9-22-14/h4-10,19H,2,11H2,1,3H3/b15-4+. The smallest absolute Gasteiger partial charge is 0.227 e. The molecular formula is C18H18N2OS. The van der Waals surface area contributed by atoms with E-state index in [2.05, 4.69) is 34.4 Å². The Morgan fingerprint density at radius 2 is 2.27 bits per heavy atom. The Kier molecular flexibility index (Phi) is 4.11. The minimum absolute atomic E-state index is 0.625. The minimum Gasteiger partial charge on any atom is -0.436 e. The van der Waals surface area contributed by atoms with Gasteiger partial charge in [-0.05, 0) is 49.1 Å². The van der Waals surface area contributed by atoms with Crippen LogP contribution in [0.15, 0.2) is 58.4 Å². The van der Waals surface area contributed by atoms with Gasteiger partial charge in [0.15, 0.2) is 5.58 Å². The maximum Gasteiger partial charge on any atom is 0.227 e. The van der Waals surface area contributed by atoms with E-state index in [9.17, 15) is 0 Å². The Bertz CT molecular complexity index is 828. The number of rotatable bonds is 5. The van der Waals surface area contributed by atoms with Gasteiger partial charge in [0.25, 0.3) is 0 Å². The van der Waals surface area contributed by atoms with Crippen LogP contribution < -0.4 is 5.32 Å². The lowest BCUT2D eigenvalue weighted by Crippen LogP contribution is -1.96. The van der Waals surface area contributed by atoms with Crippen LogP contribution in [0.25, 0.3) is 16.7 Å². The van der Waals surface area contributed by atoms with Crippen molar-refractivity contribution in [2.24, 2.45) is 0 Å². The number of nitrogens with zero attached hydrogens (tertiary/aromatic N) is 1. The molecule has 0 unspecified atom stereocenters. The summed E-state index contributed by atoms with van der Waals surface area (Å²) in [6.45, 7) is 8.71. The first-order chi connectivity index (χ1) is 10.7. The van der Waals surface area contributed by atoms with Gasteiger partial charge in [-0.2, -0.15) is 0 Å². The lowest BCUT2D eigenvalue weighted by molar-refractivity contribution is 0.585. The van der Waals surface area contributed by atoms with E-state index in [1.54, 1.807) is 11.3 Å². The second kappa shape index (κ2) is 6.20. The van der Waals surface area contributed by atoms with Gasteiger partial charge in [-0.25, -0.2) is 4.98 Å². The topological polar surface area (TPSA) is 38.1 Å². The molecule has 2 heterocycles. The third-order valence-corrected chi connectivity index (χ3v) is 4.29. The molecule has 112 valence electrons. The Labute approximate surface area is 134 Å². The summed E-state index contributed by atoms with van der Waals surface area (Å²) < 4.78 is 5.82. The van der Waals surface area contributed by atoms with Gasteiger partial charge in [0.1, 0.15) is 5.52 Å². The Hall–Kier alpha value is -2.33. The van der Waals surface area contributed by atoms with E-state index in [4.69, 9.17) is 4.42 Å². The van der Waals surface area contributed by atoms with Crippen molar-refractivity contribution in [3.05, 3.63) is 64.7 Å². The summed E-state index contributed by atoms with van der Waals surface area (Å²) in [5.74, 6) is 0.625. The van der Waals surface area contributed by atoms with Crippen LogP contribution in [-0.4, -0.2) is 4.98 Å². The molecule has 2 aromatic heterocycles. The van der Waals surface area contributed by atoms with E-state index in [1.807, 2.05) is 38.1 Å². The van der Waals surface area contributed by atoms with E-state index in [-0.39, 0.29) is 0 Å². The van der Waals surface area contributed by atoms with Crippen molar-refractivity contribution in [3.8, 4) is 0 Å². The summed E-state index contributed by atoms with van der Waals surface area (Å²) >= 11 is 1.75. The summed E-state index contributed by atoms with van der Waals surface area (Å²) in [6.07, 6.45) is 1.98. The molecule has 22 heavy (non-hydrogen) atoms. The number of thiophene rings is 1. The van der Waals surface area contributed by atoms with E-state index >= 15 is 0 Å². The van der Waals surface area contributed by atoms with Crippen LogP contribution in [0.4, 0.5) is 5.69 Å². The van der Waals surface area contributed by atoms with Gasteiger partial charge in [0, 0.05) is 22.7 Å². The predicted molar refractivity (Wildman–Crippen MR) is 94.1 cm³/mol. The molecule has 0 aliphatic heterocycles. The van der Waals surface area contributed by atoms with Gasteiger partial charge in [-0.1, -0.05) is 18.7 Å². The number of hydrogen-bond donors (Lipinski definition) is 1. The third kappa shape index (κ3) is 2.97. The van der Waals surface area contributed by atoms with E-state index in [1.165, 1.54) is 4.88 Å². The number of allylic oxidation sites excluding steroid dienone is 3. The molecule has 0 spiro atoms. The number of fused-ring (bicyclic) bond motifs is 1. The molecule has 0 radical (unpaired) electrons. The van der Waals surface area contributed by atoms with E-state index in [0.29, 0.717) is 5.89 Å². The first-order valence-electron chi connectivity index (χ1n) is 7.17. The third-order valence-electron chi connectivity index (χ3n) is 3.41. The average Bonchev–Trinajstić information content (AvgIpc) is 3.14. The van der Waals surface area contributed by atoms with Gasteiger partial charge in [0.05, 0.1) is 0 Å². The largest absolute Gasteiger partial charge is 0.436 e. The monoisotopic (exact) mass is 310 g/mol. The molecule has 0 saturated carbocycles. The SMILES string of the molecule is C=C(C)/C(=C\C)c1nc2cc(NCc3cccs3)ccc2o1. The highest BCUT2D eigenvalue weighted by atomic mass is 32.1. The van der Waals surface area contributed by atoms with Crippen LogP contribution in [-0.2, 0) is 6.54 Å². The highest BCUT2D eigenvalue weighted by Crippen LogP contribution is 2.27. The fraction of sp³-hybridized carbons (Fsp3) is 0.167. The normalized spacial score (nSPS) is 11.8. The van der Waals surface area contributed by atoms with Crippen LogP contribution in [0.3, 0.4) is 0 Å². The van der Waals surface area contributed by atoms with Crippen molar-refractivity contribution >= 4 is 33.7 Å². The molecule has 4 heteroatoms. The quantitative estimate of drug-likeness (QED) is 0.634. The highest BCUT2D eigenvalue weighted by Gasteiger charge is 2.11. The van der Waals surface area contributed by atoms with Crippen molar-refractivity contribution < 1.29 is 4.42 Å². The summed E-state index contributed by atoms with van der Waals surface area (Å²) in [6, 6.07) is 10.2. The van der Waals surface area contributed by atoms with Gasteiger partial charge in [-0.3, -0.25) is 0 Å². The average molecular weight is 310 g/mol. The van der Waals surface area contributed by atoms with Gasteiger partial charge in [-0.15, -0.1) is 11.3 Å². The zero-order valence-electron chi connectivity index (χ0n) is 12.7. The zero-order valence-corrected chi connectivity index (χ0v) is 13.5. The van der Waals surface area contributed by atoms with Crippen molar-refractivity contribution in [2.45, 2.75) is 20.4 Å². The summed E-state index contributed by atoms with van der Waals surface area (Å²) in [7, 11) is 0. The molecule has 1 aromatic carbocycles. The first-order valence-corrected chi connectivity index (χ1v) is 8.05. The number of nitrogens with one attached hydrogen (secondary N) is 1. The van der Waals surface area contributed by atoms with Crippen LogP contribution in [0, 0.1) is 0 Å². The first kappa shape index (κ1) is 14.6. The minimum atomic E-state index is 0.625. The molecule has 3 aromatic rings. The van der Waals surface area contributed by atoms with Crippen LogP contribution in [0.2, 0.25) is 0 Å². The maximum atomic E-state index is 5.82. The molecule has 3 nitrogen and oxygen atoms in total. The highest BCUT2D eigenvalue weighted by molar-refractivity contribution is 7.09. The summed E-state index contributed by atoms with van der Waals surface area (Å²) in [4.78, 5) is 5.88. The van der Waals surface area contributed by atoms with Gasteiger partial charge < -0.3 is 9.73 Å². The number of aromatic nitrogens is 1. The number of anilines is 1. The maximum absolute atomic E-state index is 5.82. The molecular weight excluding hydrogens is 292 g/mol. The Morgan fingerprint density at radius 3 is 2.95 bits per heavy atom. The van der Waals surface area contributed by atoms with Crippen LogP contribution in [0.5, 0.6) is 0 Å². The Balaban J connectivity index is 1.85. The van der Waals surface area contributed by atoms with Crippen molar-refractivity contribution in [2.75, 3.05) is 5.32 Å². The van der Waals surface area contributed by atoms with Crippen LogP contribution >= 0.6 is 11.3 Å². The number of benzene rings is 1. The molecule has 0 aliphatic carbocycles. The Morgan fingerprint density at radius 1 is 1.41 bits per heavy atom. The van der Waals surface area contributed by atoms with Crippen molar-refractivity contribution in [1.82, 2.24) is 4.98 Å². The van der Waals surface area contributed by atoms with E-state index in [0.717, 1.165) is 34.5 Å². The lowest BCUT2D eigenvalue weighted by Gasteiger charge is -2.03. The second-order valence-electron chi connectivity index (χ2n) is 5.12. The predicted octanol–water partition coefficient (Wildman–Crippen LogP) is 5.48. The second-order valence-corrected chi connectivity index (χ2v) is 6.15. The lowest BCUT2D eigenvalue weighted by atomic mass is 10.1. The molecule has 0 amide bonds. The molecule has 0 fully saturated rings. The number of oxazole rings is 1. The molecule has 0 aliphatic rings. The molecule has 0 bridgehead atoms. The fourth-order valence-electron chi connectivity index (χ4n) is 2.31. The van der Waals surface area contributed by atoms with Crippen LogP contribution in [0.1, 0.15) is 24.6 Å². The molecule has 1 N–H and O–H groups in total. The van der Waals surface area contributed by atoms with Gasteiger partial charge >= 0.3 is 0 Å². The molecule has 3 rings (SSSR count). The van der Waals surface area contributed by atoms with E-state index < -0.39 is 0 Å². The fourth-order valence-corrected chi connectivity index (χ4v) is 2.95.